The van der Waals surface area contributed by atoms with Gasteiger partial charge in [0.2, 0.25) is 0 Å². The van der Waals surface area contributed by atoms with Crippen LogP contribution in [0.2, 0.25) is 0 Å². The molecule has 0 atom stereocenters. The summed E-state index contributed by atoms with van der Waals surface area (Å²) in [4.78, 5) is 18.7. The molecule has 20 heavy (non-hydrogen) atoms. The Hall–Kier alpha value is -1.20. The van der Waals surface area contributed by atoms with Crippen molar-refractivity contribution in [2.75, 3.05) is 11.9 Å². The molecule has 0 radical (unpaired) electrons. The summed E-state index contributed by atoms with van der Waals surface area (Å²) in [6.45, 7) is 0.795. The van der Waals surface area contributed by atoms with E-state index in [1.54, 1.807) is 0 Å². The van der Waals surface area contributed by atoms with E-state index < -0.39 is 0 Å². The van der Waals surface area contributed by atoms with Crippen LogP contribution in [0.15, 0.2) is 28.7 Å². The largest absolute Gasteiger partial charge is 0.347 e. The highest BCUT2D eigenvalue weighted by Gasteiger charge is 2.30. The summed E-state index contributed by atoms with van der Waals surface area (Å²) in [6.07, 6.45) is 3.28. The lowest BCUT2D eigenvalue weighted by atomic mass is 10.2. The van der Waals surface area contributed by atoms with Gasteiger partial charge in [-0.1, -0.05) is 39.4 Å². The molecule has 1 saturated carbocycles. The fourth-order valence-electron chi connectivity index (χ4n) is 2.16. The Bertz CT molecular complexity index is 619. The Morgan fingerprint density at radius 1 is 1.40 bits per heavy atom. The maximum atomic E-state index is 11.1. The zero-order valence-corrected chi connectivity index (χ0v) is 13.6. The summed E-state index contributed by atoms with van der Waals surface area (Å²) in [5.41, 5.74) is 2.23. The molecule has 0 unspecified atom stereocenters. The molecule has 1 aromatic carbocycles. The van der Waals surface area contributed by atoms with Gasteiger partial charge in [-0.3, -0.25) is 4.79 Å². The van der Waals surface area contributed by atoms with Crippen LogP contribution in [0, 0.1) is 0 Å². The number of aromatic nitrogens is 1. The van der Waals surface area contributed by atoms with Gasteiger partial charge >= 0.3 is 0 Å². The molecule has 0 spiro atoms. The third-order valence-corrected chi connectivity index (χ3v) is 5.04. The van der Waals surface area contributed by atoms with Crippen molar-refractivity contribution in [2.24, 2.45) is 0 Å². The number of carbonyl (C=O) groups is 1. The summed E-state index contributed by atoms with van der Waals surface area (Å²) in [5.74, 6) is 0.515. The first-order valence-electron chi connectivity index (χ1n) is 6.59. The lowest BCUT2D eigenvalue weighted by molar-refractivity contribution is 0.112. The van der Waals surface area contributed by atoms with Crippen molar-refractivity contribution in [2.45, 2.75) is 25.3 Å². The van der Waals surface area contributed by atoms with Gasteiger partial charge in [0.15, 0.2) is 11.4 Å². The molecule has 0 N–H and O–H groups in total. The smallest absolute Gasteiger partial charge is 0.186 e. The van der Waals surface area contributed by atoms with Crippen molar-refractivity contribution in [1.82, 2.24) is 4.98 Å². The second kappa shape index (κ2) is 5.66. The van der Waals surface area contributed by atoms with Crippen LogP contribution in [0.3, 0.4) is 0 Å². The normalized spacial score (nSPS) is 14.3. The number of hydrogen-bond donors (Lipinski definition) is 0. The first-order chi connectivity index (χ1) is 9.67. The number of benzene rings is 1. The topological polar surface area (TPSA) is 33.2 Å². The average molecular weight is 351 g/mol. The quantitative estimate of drug-likeness (QED) is 0.756. The predicted octanol–water partition coefficient (Wildman–Crippen LogP) is 4.23. The van der Waals surface area contributed by atoms with E-state index in [1.807, 2.05) is 19.2 Å². The number of nitrogens with zero attached hydrogens (tertiary/aromatic N) is 2. The van der Waals surface area contributed by atoms with Crippen LogP contribution in [0.5, 0.6) is 0 Å². The zero-order valence-electron chi connectivity index (χ0n) is 11.2. The van der Waals surface area contributed by atoms with Crippen molar-refractivity contribution in [3.63, 3.8) is 0 Å². The molecule has 0 bridgehead atoms. The van der Waals surface area contributed by atoms with E-state index >= 15 is 0 Å². The van der Waals surface area contributed by atoms with Gasteiger partial charge in [0, 0.05) is 24.0 Å². The summed E-state index contributed by atoms with van der Waals surface area (Å²) in [5, 5.41) is 0.928. The van der Waals surface area contributed by atoms with Gasteiger partial charge in [-0.05, 0) is 30.5 Å². The molecule has 1 aliphatic carbocycles. The summed E-state index contributed by atoms with van der Waals surface area (Å²) in [6, 6.07) is 8.27. The third-order valence-electron chi connectivity index (χ3n) is 3.40. The first-order valence-corrected chi connectivity index (χ1v) is 8.20. The minimum atomic E-state index is 0.515. The van der Waals surface area contributed by atoms with Gasteiger partial charge in [-0.2, -0.15) is 0 Å². The summed E-state index contributed by atoms with van der Waals surface area (Å²) in [7, 11) is 2.02. The molecule has 5 heteroatoms. The highest BCUT2D eigenvalue weighted by Crippen LogP contribution is 2.43. The SMILES string of the molecule is CN(Cc1ccc(Br)cc1)c1nc(C2CC2)c(C=O)s1. The lowest BCUT2D eigenvalue weighted by Gasteiger charge is -2.15. The van der Waals surface area contributed by atoms with E-state index in [-0.39, 0.29) is 0 Å². The molecular weight excluding hydrogens is 336 g/mol. The van der Waals surface area contributed by atoms with E-state index in [9.17, 15) is 4.79 Å². The average Bonchev–Trinajstić information content (AvgIpc) is 3.20. The molecule has 1 aromatic heterocycles. The number of thiazole rings is 1. The number of carbonyl (C=O) groups excluding carboxylic acids is 1. The molecule has 104 valence electrons. The van der Waals surface area contributed by atoms with Crippen LogP contribution in [-0.2, 0) is 6.54 Å². The van der Waals surface area contributed by atoms with Crippen LogP contribution in [-0.4, -0.2) is 18.3 Å². The van der Waals surface area contributed by atoms with E-state index in [4.69, 9.17) is 0 Å². The lowest BCUT2D eigenvalue weighted by Crippen LogP contribution is -2.16. The number of aldehydes is 1. The van der Waals surface area contributed by atoms with Crippen molar-refractivity contribution in [3.8, 4) is 0 Å². The van der Waals surface area contributed by atoms with Crippen LogP contribution in [0.1, 0.15) is 39.7 Å². The molecule has 3 rings (SSSR count). The molecule has 0 amide bonds. The standard InChI is InChI=1S/C15H15BrN2OS/c1-18(8-10-2-6-12(16)7-3-10)15-17-14(11-4-5-11)13(9-19)20-15/h2-3,6-7,9,11H,4-5,8H2,1H3. The van der Waals surface area contributed by atoms with Gasteiger partial charge in [0.25, 0.3) is 0 Å². The van der Waals surface area contributed by atoms with Crippen molar-refractivity contribution in [1.29, 1.82) is 0 Å². The van der Waals surface area contributed by atoms with E-state index in [0.29, 0.717) is 5.92 Å². The zero-order chi connectivity index (χ0) is 14.1. The fourth-order valence-corrected chi connectivity index (χ4v) is 3.35. The number of anilines is 1. The Morgan fingerprint density at radius 3 is 2.70 bits per heavy atom. The van der Waals surface area contributed by atoms with Crippen molar-refractivity contribution in [3.05, 3.63) is 44.9 Å². The van der Waals surface area contributed by atoms with Gasteiger partial charge in [0.1, 0.15) is 0 Å². The number of rotatable bonds is 5. The monoisotopic (exact) mass is 350 g/mol. The molecule has 1 heterocycles. The highest BCUT2D eigenvalue weighted by molar-refractivity contribution is 9.10. The molecule has 3 nitrogen and oxygen atoms in total. The molecule has 0 saturated heterocycles. The third kappa shape index (κ3) is 2.94. The van der Waals surface area contributed by atoms with Crippen molar-refractivity contribution < 1.29 is 4.79 Å². The number of halogens is 1. The Morgan fingerprint density at radius 2 is 2.10 bits per heavy atom. The minimum absolute atomic E-state index is 0.515. The van der Waals surface area contributed by atoms with Crippen LogP contribution in [0.25, 0.3) is 0 Å². The van der Waals surface area contributed by atoms with Crippen LogP contribution >= 0.6 is 27.3 Å². The van der Waals surface area contributed by atoms with Crippen LogP contribution in [0.4, 0.5) is 5.13 Å². The summed E-state index contributed by atoms with van der Waals surface area (Å²) >= 11 is 4.93. The van der Waals surface area contributed by atoms with Gasteiger partial charge in [-0.25, -0.2) is 4.98 Å². The Kier molecular flexibility index (Phi) is 3.89. The number of hydrogen-bond acceptors (Lipinski definition) is 4. The second-order valence-electron chi connectivity index (χ2n) is 5.12. The van der Waals surface area contributed by atoms with E-state index in [1.165, 1.54) is 29.7 Å². The van der Waals surface area contributed by atoms with E-state index in [2.05, 4.69) is 37.9 Å². The Labute approximate surface area is 130 Å². The molecule has 1 fully saturated rings. The van der Waals surface area contributed by atoms with E-state index in [0.717, 1.165) is 33.0 Å². The van der Waals surface area contributed by atoms with Gasteiger partial charge < -0.3 is 4.90 Å². The summed E-state index contributed by atoms with van der Waals surface area (Å²) < 4.78 is 1.08. The van der Waals surface area contributed by atoms with Gasteiger partial charge in [-0.15, -0.1) is 0 Å². The minimum Gasteiger partial charge on any atom is -0.347 e. The molecule has 1 aliphatic rings. The second-order valence-corrected chi connectivity index (χ2v) is 7.05. The Balaban J connectivity index is 1.77. The molecular formula is C15H15BrN2OS. The maximum absolute atomic E-state index is 11.1. The molecule has 0 aliphatic heterocycles. The van der Waals surface area contributed by atoms with Crippen molar-refractivity contribution >= 4 is 38.7 Å². The first kappa shape index (κ1) is 13.8. The molecule has 2 aromatic rings. The van der Waals surface area contributed by atoms with Crippen LogP contribution < -0.4 is 4.90 Å². The maximum Gasteiger partial charge on any atom is 0.186 e. The predicted molar refractivity (Wildman–Crippen MR) is 85.7 cm³/mol. The van der Waals surface area contributed by atoms with Gasteiger partial charge in [0.05, 0.1) is 10.6 Å². The fraction of sp³-hybridized carbons (Fsp3) is 0.333. The highest BCUT2D eigenvalue weighted by atomic mass is 79.9.